The molecule has 0 radical (unpaired) electrons. The molecule has 0 aliphatic carbocycles. The lowest BCUT2D eigenvalue weighted by atomic mass is 10.1. The average Bonchev–Trinajstić information content (AvgIpc) is 2.96. The Labute approximate surface area is 132 Å². The summed E-state index contributed by atoms with van der Waals surface area (Å²) in [5.41, 5.74) is 0. The van der Waals surface area contributed by atoms with E-state index >= 15 is 0 Å². The van der Waals surface area contributed by atoms with Gasteiger partial charge in [0.1, 0.15) is 18.7 Å². The van der Waals surface area contributed by atoms with E-state index in [2.05, 4.69) is 16.3 Å². The molecule has 3 aromatic rings. The van der Waals surface area contributed by atoms with Gasteiger partial charge in [-0.1, -0.05) is 42.1 Å². The van der Waals surface area contributed by atoms with Gasteiger partial charge in [0.15, 0.2) is 5.16 Å². The van der Waals surface area contributed by atoms with Gasteiger partial charge in [0.25, 0.3) is 0 Å². The lowest BCUT2D eigenvalue weighted by Gasteiger charge is -2.12. The van der Waals surface area contributed by atoms with E-state index in [1.807, 2.05) is 48.0 Å². The van der Waals surface area contributed by atoms with Crippen LogP contribution in [0.1, 0.15) is 0 Å². The topological polar surface area (TPSA) is 60.2 Å². The van der Waals surface area contributed by atoms with Gasteiger partial charge in [-0.2, -0.15) is 0 Å². The first kappa shape index (κ1) is 14.9. The Kier molecular flexibility index (Phi) is 4.60. The third-order valence-electron chi connectivity index (χ3n) is 3.24. The Hall–Kier alpha value is -2.05. The summed E-state index contributed by atoms with van der Waals surface area (Å²) in [6.45, 7) is 0.253. The molecule has 0 aliphatic heterocycles. The minimum atomic E-state index is -0.562. The predicted octanol–water partition coefficient (Wildman–Crippen LogP) is 2.50. The van der Waals surface area contributed by atoms with Gasteiger partial charge in [0.05, 0.1) is 6.10 Å². The van der Waals surface area contributed by atoms with Gasteiger partial charge < -0.3 is 14.4 Å². The molecule has 0 spiro atoms. The Bertz CT molecular complexity index is 760. The van der Waals surface area contributed by atoms with Crippen LogP contribution in [0, 0.1) is 0 Å². The van der Waals surface area contributed by atoms with Crippen LogP contribution >= 0.6 is 11.8 Å². The zero-order valence-corrected chi connectivity index (χ0v) is 13.0. The van der Waals surface area contributed by atoms with Gasteiger partial charge in [-0.25, -0.2) is 0 Å². The summed E-state index contributed by atoms with van der Waals surface area (Å²) in [6, 6.07) is 14.0. The van der Waals surface area contributed by atoms with Crippen molar-refractivity contribution in [3.63, 3.8) is 0 Å². The van der Waals surface area contributed by atoms with Crippen molar-refractivity contribution < 1.29 is 9.84 Å². The van der Waals surface area contributed by atoms with Crippen molar-refractivity contribution >= 4 is 22.5 Å². The summed E-state index contributed by atoms with van der Waals surface area (Å²) in [5.74, 6) is 1.28. The fourth-order valence-electron chi connectivity index (χ4n) is 2.07. The van der Waals surface area contributed by atoms with Crippen molar-refractivity contribution in [2.45, 2.75) is 11.3 Å². The van der Waals surface area contributed by atoms with Crippen LogP contribution in [-0.4, -0.2) is 38.3 Å². The zero-order chi connectivity index (χ0) is 15.4. The fourth-order valence-corrected chi connectivity index (χ4v) is 2.87. The first-order chi connectivity index (χ1) is 10.7. The highest BCUT2D eigenvalue weighted by Crippen LogP contribution is 2.21. The van der Waals surface area contributed by atoms with E-state index in [4.69, 9.17) is 4.74 Å². The quantitative estimate of drug-likeness (QED) is 0.708. The second-order valence-corrected chi connectivity index (χ2v) is 6.00. The molecule has 0 amide bonds. The molecule has 114 valence electrons. The minimum absolute atomic E-state index is 0.253. The van der Waals surface area contributed by atoms with Crippen molar-refractivity contribution in [2.24, 2.45) is 7.05 Å². The first-order valence-electron chi connectivity index (χ1n) is 6.99. The van der Waals surface area contributed by atoms with Crippen LogP contribution in [0.2, 0.25) is 0 Å². The highest BCUT2D eigenvalue weighted by atomic mass is 32.2. The van der Waals surface area contributed by atoms with Gasteiger partial charge in [0, 0.05) is 12.8 Å². The number of hydrogen-bond acceptors (Lipinski definition) is 5. The molecule has 0 fully saturated rings. The summed E-state index contributed by atoms with van der Waals surface area (Å²) < 4.78 is 7.49. The second-order valence-electron chi connectivity index (χ2n) is 5.01. The van der Waals surface area contributed by atoms with Crippen LogP contribution < -0.4 is 4.74 Å². The normalized spacial score (nSPS) is 12.5. The number of rotatable bonds is 6. The molecule has 0 bridgehead atoms. The Balaban J connectivity index is 1.53. The summed E-state index contributed by atoms with van der Waals surface area (Å²) in [5, 5.41) is 20.9. The SMILES string of the molecule is Cn1cnnc1SCC(O)COc1ccc2ccccc2c1. The largest absolute Gasteiger partial charge is 0.491 e. The number of aromatic nitrogens is 3. The van der Waals surface area contributed by atoms with E-state index in [-0.39, 0.29) is 6.61 Å². The molecule has 1 unspecified atom stereocenters. The molecule has 1 heterocycles. The summed E-state index contributed by atoms with van der Waals surface area (Å²) in [7, 11) is 1.88. The van der Waals surface area contributed by atoms with E-state index in [0.717, 1.165) is 16.3 Å². The van der Waals surface area contributed by atoms with Crippen molar-refractivity contribution in [3.05, 3.63) is 48.8 Å². The molecule has 0 saturated heterocycles. The van der Waals surface area contributed by atoms with Crippen LogP contribution in [0.4, 0.5) is 0 Å². The molecule has 1 atom stereocenters. The van der Waals surface area contributed by atoms with Crippen LogP contribution in [0.5, 0.6) is 5.75 Å². The summed E-state index contributed by atoms with van der Waals surface area (Å²) >= 11 is 1.46. The molecule has 2 aromatic carbocycles. The lowest BCUT2D eigenvalue weighted by molar-refractivity contribution is 0.126. The van der Waals surface area contributed by atoms with E-state index < -0.39 is 6.10 Å². The summed E-state index contributed by atoms with van der Waals surface area (Å²) in [6.07, 6.45) is 1.08. The number of aryl methyl sites for hydroxylation is 1. The third kappa shape index (κ3) is 3.58. The maximum atomic E-state index is 10.0. The molecule has 22 heavy (non-hydrogen) atoms. The number of thioether (sulfide) groups is 1. The number of aliphatic hydroxyl groups is 1. The number of ether oxygens (including phenoxy) is 1. The van der Waals surface area contributed by atoms with E-state index in [0.29, 0.717) is 5.75 Å². The number of benzene rings is 2. The van der Waals surface area contributed by atoms with Gasteiger partial charge in [0.2, 0.25) is 0 Å². The molecule has 3 rings (SSSR count). The van der Waals surface area contributed by atoms with Crippen LogP contribution in [0.15, 0.2) is 53.9 Å². The van der Waals surface area contributed by atoms with Crippen molar-refractivity contribution in [1.82, 2.24) is 14.8 Å². The van der Waals surface area contributed by atoms with E-state index in [9.17, 15) is 5.11 Å². The molecule has 1 N–H and O–H groups in total. The molecule has 0 aliphatic rings. The van der Waals surface area contributed by atoms with Gasteiger partial charge in [-0.05, 0) is 22.9 Å². The maximum Gasteiger partial charge on any atom is 0.190 e. The number of hydrogen-bond donors (Lipinski definition) is 1. The average molecular weight is 315 g/mol. The fraction of sp³-hybridized carbons (Fsp3) is 0.250. The molecule has 5 nitrogen and oxygen atoms in total. The Morgan fingerprint density at radius 3 is 2.82 bits per heavy atom. The van der Waals surface area contributed by atoms with Crippen LogP contribution in [0.3, 0.4) is 0 Å². The Morgan fingerprint density at radius 1 is 1.23 bits per heavy atom. The highest BCUT2D eigenvalue weighted by Gasteiger charge is 2.09. The van der Waals surface area contributed by atoms with E-state index in [1.165, 1.54) is 17.1 Å². The second kappa shape index (κ2) is 6.81. The maximum absolute atomic E-state index is 10.0. The molecule has 0 saturated carbocycles. The van der Waals surface area contributed by atoms with Gasteiger partial charge >= 0.3 is 0 Å². The third-order valence-corrected chi connectivity index (χ3v) is 4.42. The number of aliphatic hydroxyl groups excluding tert-OH is 1. The molecular formula is C16H17N3O2S. The van der Waals surface area contributed by atoms with Gasteiger partial charge in [-0.15, -0.1) is 10.2 Å². The molecular weight excluding hydrogens is 298 g/mol. The summed E-state index contributed by atoms with van der Waals surface area (Å²) in [4.78, 5) is 0. The first-order valence-corrected chi connectivity index (χ1v) is 7.97. The smallest absolute Gasteiger partial charge is 0.190 e. The zero-order valence-electron chi connectivity index (χ0n) is 12.2. The highest BCUT2D eigenvalue weighted by molar-refractivity contribution is 7.99. The van der Waals surface area contributed by atoms with E-state index in [1.54, 1.807) is 6.33 Å². The van der Waals surface area contributed by atoms with Crippen molar-refractivity contribution in [1.29, 1.82) is 0 Å². The van der Waals surface area contributed by atoms with Crippen molar-refractivity contribution in [2.75, 3.05) is 12.4 Å². The molecule has 1 aromatic heterocycles. The van der Waals surface area contributed by atoms with Crippen LogP contribution in [-0.2, 0) is 7.05 Å². The monoisotopic (exact) mass is 315 g/mol. The molecule has 6 heteroatoms. The number of nitrogens with zero attached hydrogens (tertiary/aromatic N) is 3. The van der Waals surface area contributed by atoms with Crippen LogP contribution in [0.25, 0.3) is 10.8 Å². The Morgan fingerprint density at radius 2 is 2.05 bits per heavy atom. The lowest BCUT2D eigenvalue weighted by Crippen LogP contribution is -2.20. The standard InChI is InChI=1S/C16H17N3O2S/c1-19-11-17-18-16(19)22-10-14(20)9-21-15-7-6-12-4-2-3-5-13(12)8-15/h2-8,11,14,20H,9-10H2,1H3. The predicted molar refractivity (Wildman–Crippen MR) is 87.2 cm³/mol. The number of fused-ring (bicyclic) bond motifs is 1. The minimum Gasteiger partial charge on any atom is -0.491 e. The van der Waals surface area contributed by atoms with Crippen molar-refractivity contribution in [3.8, 4) is 5.75 Å². The van der Waals surface area contributed by atoms with Gasteiger partial charge in [-0.3, -0.25) is 0 Å².